The van der Waals surface area contributed by atoms with Gasteiger partial charge in [0.05, 0.1) is 35.6 Å². The second-order valence-electron chi connectivity index (χ2n) is 6.86. The van der Waals surface area contributed by atoms with Crippen molar-refractivity contribution in [3.63, 3.8) is 0 Å². The van der Waals surface area contributed by atoms with E-state index in [0.29, 0.717) is 0 Å². The van der Waals surface area contributed by atoms with Crippen molar-refractivity contribution in [3.05, 3.63) is 35.8 Å². The molecule has 2 aromatic heterocycles. The van der Waals surface area contributed by atoms with Gasteiger partial charge in [0.25, 0.3) is 5.91 Å². The molecule has 2 heterocycles. The number of rotatable bonds is 5. The minimum Gasteiger partial charge on any atom is -0.378 e. The molecule has 8 nitrogen and oxygen atoms in total. The normalized spacial score (nSPS) is 20.7. The van der Waals surface area contributed by atoms with E-state index >= 15 is 0 Å². The zero-order valence-corrected chi connectivity index (χ0v) is 15.2. The first-order chi connectivity index (χ1) is 13.7. The molecule has 0 bridgehead atoms. The number of alkyl halides is 3. The minimum atomic E-state index is -4.82. The molecule has 1 aliphatic carbocycles. The molecular weight excluding hydrogens is 389 g/mol. The minimum absolute atomic E-state index is 0.0895. The second kappa shape index (κ2) is 8.08. The first kappa shape index (κ1) is 20.6. The Hall–Kier alpha value is -3.13. The zero-order chi connectivity index (χ0) is 21.2. The lowest BCUT2D eigenvalue weighted by Crippen LogP contribution is -2.22. The average molecular weight is 408 g/mol. The molecule has 3 rings (SSSR count). The SMILES string of the molecule is N#C[C@H]1CCCC[C@@H]1n1cc(C(N)=O)c(Nc2ccc([C@H](O)C(F)(F)F)nc2)n1. The van der Waals surface area contributed by atoms with Crippen LogP contribution < -0.4 is 11.1 Å². The van der Waals surface area contributed by atoms with Crippen LogP contribution in [-0.2, 0) is 0 Å². The summed E-state index contributed by atoms with van der Waals surface area (Å²) in [5, 5.41) is 25.8. The van der Waals surface area contributed by atoms with E-state index in [9.17, 15) is 28.3 Å². The molecule has 0 aromatic carbocycles. The van der Waals surface area contributed by atoms with Gasteiger partial charge in [0.2, 0.25) is 0 Å². The third kappa shape index (κ3) is 4.48. The highest BCUT2D eigenvalue weighted by Crippen LogP contribution is 2.35. The van der Waals surface area contributed by atoms with E-state index < -0.39 is 23.9 Å². The Morgan fingerprint density at radius 1 is 1.38 bits per heavy atom. The molecule has 2 aromatic rings. The summed E-state index contributed by atoms with van der Waals surface area (Å²) in [5.41, 5.74) is 5.22. The van der Waals surface area contributed by atoms with Crippen LogP contribution in [0.3, 0.4) is 0 Å². The summed E-state index contributed by atoms with van der Waals surface area (Å²) >= 11 is 0. The number of carbonyl (C=O) groups is 1. The van der Waals surface area contributed by atoms with E-state index in [1.54, 1.807) is 4.68 Å². The number of nitriles is 1. The molecule has 1 aliphatic rings. The third-order valence-corrected chi connectivity index (χ3v) is 4.87. The summed E-state index contributed by atoms with van der Waals surface area (Å²) in [6, 6.07) is 4.38. The summed E-state index contributed by atoms with van der Waals surface area (Å²) in [4.78, 5) is 15.4. The monoisotopic (exact) mass is 408 g/mol. The molecule has 0 radical (unpaired) electrons. The van der Waals surface area contributed by atoms with E-state index in [-0.39, 0.29) is 29.0 Å². The summed E-state index contributed by atoms with van der Waals surface area (Å²) in [6.07, 6.45) is -1.59. The lowest BCUT2D eigenvalue weighted by atomic mass is 9.85. The molecule has 0 unspecified atom stereocenters. The lowest BCUT2D eigenvalue weighted by molar-refractivity contribution is -0.207. The van der Waals surface area contributed by atoms with Crippen LogP contribution in [0.5, 0.6) is 0 Å². The van der Waals surface area contributed by atoms with Crippen LogP contribution in [0.4, 0.5) is 24.7 Å². The number of amides is 1. The van der Waals surface area contributed by atoms with Crippen LogP contribution in [0.2, 0.25) is 0 Å². The number of carbonyl (C=O) groups excluding carboxylic acids is 1. The van der Waals surface area contributed by atoms with Crippen molar-refractivity contribution < 1.29 is 23.1 Å². The number of aliphatic hydroxyl groups is 1. The van der Waals surface area contributed by atoms with Gasteiger partial charge in [-0.05, 0) is 25.0 Å². The number of nitrogens with zero attached hydrogens (tertiary/aromatic N) is 4. The number of primary amides is 1. The molecule has 3 atom stereocenters. The number of pyridine rings is 1. The van der Waals surface area contributed by atoms with Gasteiger partial charge in [0.1, 0.15) is 5.56 Å². The van der Waals surface area contributed by atoms with Gasteiger partial charge in [-0.1, -0.05) is 12.8 Å². The van der Waals surface area contributed by atoms with Crippen molar-refractivity contribution in [1.29, 1.82) is 5.26 Å². The Bertz CT molecular complexity index is 919. The third-order valence-electron chi connectivity index (χ3n) is 4.87. The number of hydrogen-bond acceptors (Lipinski definition) is 6. The van der Waals surface area contributed by atoms with Gasteiger partial charge >= 0.3 is 6.18 Å². The van der Waals surface area contributed by atoms with Crippen LogP contribution in [0, 0.1) is 17.2 Å². The molecule has 0 aliphatic heterocycles. The first-order valence-electron chi connectivity index (χ1n) is 8.97. The van der Waals surface area contributed by atoms with Gasteiger partial charge in [-0.2, -0.15) is 23.5 Å². The smallest absolute Gasteiger partial charge is 0.378 e. The van der Waals surface area contributed by atoms with E-state index in [4.69, 9.17) is 5.73 Å². The highest BCUT2D eigenvalue weighted by Gasteiger charge is 2.40. The van der Waals surface area contributed by atoms with Crippen molar-refractivity contribution in [3.8, 4) is 6.07 Å². The Morgan fingerprint density at radius 3 is 2.69 bits per heavy atom. The predicted octanol–water partition coefficient (Wildman–Crippen LogP) is 2.97. The molecular formula is C18H19F3N6O2. The molecule has 4 N–H and O–H groups in total. The lowest BCUT2D eigenvalue weighted by Gasteiger charge is -2.26. The Morgan fingerprint density at radius 2 is 2.10 bits per heavy atom. The van der Waals surface area contributed by atoms with Crippen molar-refractivity contribution in [2.24, 2.45) is 11.7 Å². The van der Waals surface area contributed by atoms with Crippen LogP contribution >= 0.6 is 0 Å². The second-order valence-corrected chi connectivity index (χ2v) is 6.86. The molecule has 11 heteroatoms. The quantitative estimate of drug-likeness (QED) is 0.697. The summed E-state index contributed by atoms with van der Waals surface area (Å²) in [6.45, 7) is 0. The number of anilines is 2. The van der Waals surface area contributed by atoms with Crippen molar-refractivity contribution >= 4 is 17.4 Å². The molecule has 29 heavy (non-hydrogen) atoms. The number of halogens is 3. The Balaban J connectivity index is 1.84. The summed E-state index contributed by atoms with van der Waals surface area (Å²) < 4.78 is 39.3. The fraction of sp³-hybridized carbons (Fsp3) is 0.444. The largest absolute Gasteiger partial charge is 0.420 e. The van der Waals surface area contributed by atoms with Gasteiger partial charge in [0.15, 0.2) is 11.9 Å². The number of nitrogens with two attached hydrogens (primary N) is 1. The zero-order valence-electron chi connectivity index (χ0n) is 15.2. The van der Waals surface area contributed by atoms with Crippen LogP contribution in [-0.4, -0.2) is 32.0 Å². The number of nitrogens with one attached hydrogen (secondary N) is 1. The average Bonchev–Trinajstić information content (AvgIpc) is 3.11. The Kier molecular flexibility index (Phi) is 5.74. The molecule has 1 saturated carbocycles. The van der Waals surface area contributed by atoms with Gasteiger partial charge in [-0.25, -0.2) is 0 Å². The fourth-order valence-corrected chi connectivity index (χ4v) is 3.36. The molecule has 1 fully saturated rings. The van der Waals surface area contributed by atoms with Crippen molar-refractivity contribution in [2.45, 2.75) is 44.0 Å². The summed E-state index contributed by atoms with van der Waals surface area (Å²) in [5.74, 6) is -0.854. The van der Waals surface area contributed by atoms with Crippen molar-refractivity contribution in [1.82, 2.24) is 14.8 Å². The van der Waals surface area contributed by atoms with Gasteiger partial charge in [0, 0.05) is 6.20 Å². The van der Waals surface area contributed by atoms with E-state index in [1.807, 2.05) is 0 Å². The standard InChI is InChI=1S/C18H19F3N6O2/c19-18(20,21)15(28)13-6-5-11(8-24-13)25-17-12(16(23)29)9-27(26-17)14-4-2-1-3-10(14)7-22/h5-6,8-10,14-15,28H,1-4H2,(H2,23,29)(H,25,26)/t10-,14+,15+/m1/s1. The first-order valence-corrected chi connectivity index (χ1v) is 8.97. The van der Waals surface area contributed by atoms with E-state index in [0.717, 1.165) is 37.9 Å². The molecule has 1 amide bonds. The topological polar surface area (TPSA) is 130 Å². The van der Waals surface area contributed by atoms with Crippen LogP contribution in [0.25, 0.3) is 0 Å². The number of aliphatic hydroxyl groups excluding tert-OH is 1. The maximum Gasteiger partial charge on any atom is 0.420 e. The number of hydrogen-bond donors (Lipinski definition) is 3. The van der Waals surface area contributed by atoms with Crippen LogP contribution in [0.15, 0.2) is 24.5 Å². The maximum absolute atomic E-state index is 12.6. The van der Waals surface area contributed by atoms with Gasteiger partial charge < -0.3 is 16.2 Å². The fourth-order valence-electron chi connectivity index (χ4n) is 3.36. The van der Waals surface area contributed by atoms with E-state index in [1.165, 1.54) is 12.3 Å². The van der Waals surface area contributed by atoms with Gasteiger partial charge in [-0.15, -0.1) is 0 Å². The summed E-state index contributed by atoms with van der Waals surface area (Å²) in [7, 11) is 0. The molecule has 0 spiro atoms. The predicted molar refractivity (Wildman–Crippen MR) is 95.9 cm³/mol. The Labute approximate surface area is 164 Å². The molecule has 154 valence electrons. The maximum atomic E-state index is 12.6. The highest BCUT2D eigenvalue weighted by molar-refractivity contribution is 5.98. The number of aromatic nitrogens is 3. The van der Waals surface area contributed by atoms with Crippen LogP contribution in [0.1, 0.15) is 53.9 Å². The highest BCUT2D eigenvalue weighted by atomic mass is 19.4. The van der Waals surface area contributed by atoms with Gasteiger partial charge in [-0.3, -0.25) is 14.5 Å². The van der Waals surface area contributed by atoms with E-state index in [2.05, 4.69) is 21.5 Å². The molecule has 0 saturated heterocycles. The van der Waals surface area contributed by atoms with Crippen molar-refractivity contribution in [2.75, 3.05) is 5.32 Å².